The number of nitrogens with zero attached hydrogens (tertiary/aromatic N) is 3. The molecule has 1 aliphatic rings. The number of ether oxygens (including phenoxy) is 2. The lowest BCUT2D eigenvalue weighted by Crippen LogP contribution is -2.26. The molecule has 1 amide bonds. The highest BCUT2D eigenvalue weighted by Crippen LogP contribution is 2.33. The van der Waals surface area contributed by atoms with Crippen LogP contribution >= 0.6 is 0 Å². The van der Waals surface area contributed by atoms with E-state index in [0.29, 0.717) is 18.9 Å². The van der Waals surface area contributed by atoms with E-state index in [4.69, 9.17) is 13.9 Å². The molecule has 1 fully saturated rings. The number of carbonyl (C=O) groups is 2. The number of anilines is 3. The first-order chi connectivity index (χ1) is 18.3. The van der Waals surface area contributed by atoms with Gasteiger partial charge in [-0.3, -0.25) is 19.7 Å². The van der Waals surface area contributed by atoms with Gasteiger partial charge in [0, 0.05) is 5.69 Å². The Hall–Kier alpha value is -4.55. The van der Waals surface area contributed by atoms with Crippen LogP contribution in [0, 0.1) is 27.8 Å². The minimum absolute atomic E-state index is 0.0754. The van der Waals surface area contributed by atoms with Crippen molar-refractivity contribution in [3.63, 3.8) is 0 Å². The molecule has 1 saturated carbocycles. The Balaban J connectivity index is 1.34. The molecule has 1 heterocycles. The molecular formula is C25H26FN5O7. The molecule has 0 aliphatic heterocycles. The van der Waals surface area contributed by atoms with Gasteiger partial charge in [-0.25, -0.2) is 4.39 Å². The number of amides is 1. The highest BCUT2D eigenvalue weighted by atomic mass is 19.1. The first-order valence-electron chi connectivity index (χ1n) is 12.1. The largest absolute Gasteiger partial charge is 0.493 e. The van der Waals surface area contributed by atoms with E-state index in [1.807, 2.05) is 0 Å². The molecule has 3 aromatic rings. The van der Waals surface area contributed by atoms with Crippen LogP contribution in [-0.2, 0) is 9.53 Å². The number of esters is 1. The van der Waals surface area contributed by atoms with Crippen molar-refractivity contribution in [2.24, 2.45) is 11.8 Å². The van der Waals surface area contributed by atoms with Crippen molar-refractivity contribution in [3.05, 3.63) is 64.3 Å². The summed E-state index contributed by atoms with van der Waals surface area (Å²) in [6.07, 6.45) is 3.02. The zero-order valence-corrected chi connectivity index (χ0v) is 20.5. The van der Waals surface area contributed by atoms with E-state index in [0.717, 1.165) is 25.7 Å². The van der Waals surface area contributed by atoms with Crippen LogP contribution < -0.4 is 15.4 Å². The molecule has 0 bridgehead atoms. The van der Waals surface area contributed by atoms with Crippen molar-refractivity contribution in [3.8, 4) is 5.75 Å². The first kappa shape index (κ1) is 26.5. The maximum absolute atomic E-state index is 13.0. The second-order valence-electron chi connectivity index (χ2n) is 8.72. The van der Waals surface area contributed by atoms with Gasteiger partial charge in [-0.05, 0) is 74.9 Å². The van der Waals surface area contributed by atoms with E-state index < -0.39 is 22.5 Å². The van der Waals surface area contributed by atoms with Gasteiger partial charge in [0.15, 0.2) is 0 Å². The van der Waals surface area contributed by atoms with Gasteiger partial charge in [-0.2, -0.15) is 0 Å². The SMILES string of the molecule is CCOC(=O)C1CCC(COc2ccc(NC(=O)c3nnc(Nc4ccc(F)cc4)o3)c([N+](=O)[O-])c2)CC1. The number of nitro groups is 1. The fourth-order valence-electron chi connectivity index (χ4n) is 4.09. The van der Waals surface area contributed by atoms with E-state index in [1.54, 1.807) is 6.92 Å². The van der Waals surface area contributed by atoms with Crippen molar-refractivity contribution >= 4 is 35.0 Å². The third-order valence-corrected chi connectivity index (χ3v) is 6.08. The lowest BCUT2D eigenvalue weighted by molar-refractivity contribution is -0.384. The summed E-state index contributed by atoms with van der Waals surface area (Å²) in [6.45, 7) is 2.50. The van der Waals surface area contributed by atoms with Gasteiger partial charge in [0.2, 0.25) is 0 Å². The molecule has 12 nitrogen and oxygen atoms in total. The Bertz CT molecular complexity index is 1290. The second-order valence-corrected chi connectivity index (χ2v) is 8.72. The van der Waals surface area contributed by atoms with Crippen molar-refractivity contribution in [1.82, 2.24) is 10.2 Å². The Morgan fingerprint density at radius 1 is 1.13 bits per heavy atom. The smallest absolute Gasteiger partial charge is 0.320 e. The maximum Gasteiger partial charge on any atom is 0.320 e. The summed E-state index contributed by atoms with van der Waals surface area (Å²) in [5.74, 6) is -1.45. The summed E-state index contributed by atoms with van der Waals surface area (Å²) < 4.78 is 29.2. The summed E-state index contributed by atoms with van der Waals surface area (Å²) in [6, 6.07) is 9.34. The summed E-state index contributed by atoms with van der Waals surface area (Å²) in [5.41, 5.74) is 0.0138. The van der Waals surface area contributed by atoms with Gasteiger partial charge in [0.05, 0.1) is 30.1 Å². The zero-order valence-electron chi connectivity index (χ0n) is 20.5. The highest BCUT2D eigenvalue weighted by Gasteiger charge is 2.28. The number of benzene rings is 2. The first-order valence-corrected chi connectivity index (χ1v) is 12.1. The molecule has 13 heteroatoms. The molecule has 0 unspecified atom stereocenters. The Labute approximate surface area is 216 Å². The van der Waals surface area contributed by atoms with Crippen LogP contribution in [0.4, 0.5) is 27.5 Å². The topological polar surface area (TPSA) is 159 Å². The molecule has 1 aliphatic carbocycles. The third-order valence-electron chi connectivity index (χ3n) is 6.08. The van der Waals surface area contributed by atoms with Crippen molar-refractivity contribution in [2.75, 3.05) is 23.8 Å². The van der Waals surface area contributed by atoms with Gasteiger partial charge in [0.25, 0.3) is 5.69 Å². The fraction of sp³-hybridized carbons (Fsp3) is 0.360. The van der Waals surface area contributed by atoms with E-state index in [1.165, 1.54) is 42.5 Å². The van der Waals surface area contributed by atoms with E-state index >= 15 is 0 Å². The van der Waals surface area contributed by atoms with E-state index in [-0.39, 0.29) is 40.9 Å². The standard InChI is InChI=1S/C25H26FN5O7/c1-2-36-24(33)16-5-3-15(4-6-16)14-37-19-11-12-20(21(13-19)31(34)35)28-22(32)23-29-30-25(38-23)27-18-9-7-17(26)8-10-18/h7-13,15-16H,2-6,14H2,1H3,(H,27,30)(H,28,32). The molecule has 1 aromatic heterocycles. The minimum Gasteiger partial charge on any atom is -0.493 e. The van der Waals surface area contributed by atoms with Gasteiger partial charge < -0.3 is 24.5 Å². The fourth-order valence-corrected chi connectivity index (χ4v) is 4.09. The second kappa shape index (κ2) is 12.1. The number of halogens is 1. The average Bonchev–Trinajstić information content (AvgIpc) is 3.38. The Kier molecular flexibility index (Phi) is 8.46. The molecule has 0 atom stereocenters. The van der Waals surface area contributed by atoms with E-state index in [9.17, 15) is 24.1 Å². The predicted molar refractivity (Wildman–Crippen MR) is 133 cm³/mol. The number of nitrogens with one attached hydrogen (secondary N) is 2. The zero-order chi connectivity index (χ0) is 27.1. The quantitative estimate of drug-likeness (QED) is 0.212. The molecule has 200 valence electrons. The third kappa shape index (κ3) is 6.81. The van der Waals surface area contributed by atoms with Crippen molar-refractivity contribution < 1.29 is 32.8 Å². The number of hydrogen-bond acceptors (Lipinski definition) is 10. The molecular weight excluding hydrogens is 501 g/mol. The predicted octanol–water partition coefficient (Wildman–Crippen LogP) is 4.86. The van der Waals surface area contributed by atoms with Gasteiger partial charge >= 0.3 is 23.8 Å². The summed E-state index contributed by atoms with van der Waals surface area (Å²) >= 11 is 0. The van der Waals surface area contributed by atoms with Crippen LogP contribution in [-0.4, -0.2) is 40.2 Å². The number of aromatic nitrogens is 2. The number of nitro benzene ring substituents is 1. The Morgan fingerprint density at radius 2 is 1.87 bits per heavy atom. The van der Waals surface area contributed by atoms with Crippen LogP contribution in [0.15, 0.2) is 46.9 Å². The normalized spacial score (nSPS) is 16.9. The highest BCUT2D eigenvalue weighted by molar-refractivity contribution is 6.02. The monoisotopic (exact) mass is 527 g/mol. The number of rotatable bonds is 10. The molecule has 0 spiro atoms. The maximum atomic E-state index is 13.0. The Morgan fingerprint density at radius 3 is 2.55 bits per heavy atom. The van der Waals surface area contributed by atoms with Crippen LogP contribution in [0.2, 0.25) is 0 Å². The van der Waals surface area contributed by atoms with Crippen LogP contribution in [0.5, 0.6) is 5.75 Å². The average molecular weight is 528 g/mol. The van der Waals surface area contributed by atoms with Gasteiger partial charge in [-0.15, -0.1) is 5.10 Å². The molecule has 2 N–H and O–H groups in total. The van der Waals surface area contributed by atoms with Crippen LogP contribution in [0.3, 0.4) is 0 Å². The summed E-state index contributed by atoms with van der Waals surface area (Å²) in [4.78, 5) is 35.5. The lowest BCUT2D eigenvalue weighted by atomic mass is 9.82. The van der Waals surface area contributed by atoms with Crippen LogP contribution in [0.25, 0.3) is 0 Å². The molecule has 0 saturated heterocycles. The molecule has 38 heavy (non-hydrogen) atoms. The van der Waals surface area contributed by atoms with E-state index in [2.05, 4.69) is 20.8 Å². The summed E-state index contributed by atoms with van der Waals surface area (Å²) in [7, 11) is 0. The number of hydrogen-bond donors (Lipinski definition) is 2. The molecule has 0 radical (unpaired) electrons. The summed E-state index contributed by atoms with van der Waals surface area (Å²) in [5, 5.41) is 24.1. The van der Waals surface area contributed by atoms with Crippen LogP contribution in [0.1, 0.15) is 43.3 Å². The number of carbonyl (C=O) groups excluding carboxylic acids is 2. The molecule has 2 aromatic carbocycles. The molecule has 4 rings (SSSR count). The van der Waals surface area contributed by atoms with Crippen molar-refractivity contribution in [1.29, 1.82) is 0 Å². The van der Waals surface area contributed by atoms with Crippen molar-refractivity contribution in [2.45, 2.75) is 32.6 Å². The van der Waals surface area contributed by atoms with Gasteiger partial charge in [-0.1, -0.05) is 5.10 Å². The minimum atomic E-state index is -0.847. The van der Waals surface area contributed by atoms with Gasteiger partial charge in [0.1, 0.15) is 17.3 Å². The lowest BCUT2D eigenvalue weighted by Gasteiger charge is -2.27.